The first-order valence-corrected chi connectivity index (χ1v) is 1.98. The molecule has 1 amide bonds. The van der Waals surface area contributed by atoms with Gasteiger partial charge in [-0.3, -0.25) is 4.79 Å². The van der Waals surface area contributed by atoms with Gasteiger partial charge in [-0.1, -0.05) is 0 Å². The van der Waals surface area contributed by atoms with Crippen molar-refractivity contribution >= 4 is 6.41 Å². The van der Waals surface area contributed by atoms with Crippen LogP contribution in [0.15, 0.2) is 12.7 Å². The van der Waals surface area contributed by atoms with Crippen LogP contribution in [0.1, 0.15) is 0 Å². The van der Waals surface area contributed by atoms with Crippen LogP contribution in [0, 0.1) is 0 Å². The fourth-order valence-corrected chi connectivity index (χ4v) is 0.329. The Bertz CT molecular complexity index is 158. The number of rotatable bonds is 2. The minimum Gasteiger partial charge on any atom is -0.277 e. The highest BCUT2D eigenvalue weighted by Crippen LogP contribution is 1.66. The Morgan fingerprint density at radius 1 is 1.75 bits per heavy atom. The highest BCUT2D eigenvalue weighted by Gasteiger charge is 1.80. The van der Waals surface area contributed by atoms with Crippen molar-refractivity contribution in [3.05, 3.63) is 12.7 Å². The normalized spacial score (nSPS) is 8.50. The van der Waals surface area contributed by atoms with Gasteiger partial charge in [-0.05, 0) is 0 Å². The molecule has 0 bridgehead atoms. The summed E-state index contributed by atoms with van der Waals surface area (Å²) in [4.78, 5) is 14.4. The molecule has 1 aromatic heterocycles. The molecule has 1 aromatic rings. The van der Waals surface area contributed by atoms with Gasteiger partial charge in [0.2, 0.25) is 6.41 Å². The molecule has 0 aromatic carbocycles. The number of hydrogen-bond donors (Lipinski definition) is 1. The van der Waals surface area contributed by atoms with Crippen molar-refractivity contribution in [1.82, 2.24) is 14.9 Å². The highest BCUT2D eigenvalue weighted by atomic mass is 16.1. The van der Waals surface area contributed by atoms with E-state index in [-0.39, 0.29) is 0 Å². The lowest BCUT2D eigenvalue weighted by atomic mass is 11.3. The van der Waals surface area contributed by atoms with Gasteiger partial charge in [0, 0.05) is 0 Å². The van der Waals surface area contributed by atoms with Gasteiger partial charge >= 0.3 is 0 Å². The van der Waals surface area contributed by atoms with E-state index in [2.05, 4.69) is 15.5 Å². The standard InChI is InChI=1S/C3H4N4O/c8-3-6-7-2-4-1-5-7/h1-3H,(H,6,8). The van der Waals surface area contributed by atoms with Crippen LogP contribution in [-0.4, -0.2) is 21.3 Å². The molecule has 0 radical (unpaired) electrons. The van der Waals surface area contributed by atoms with Crippen LogP contribution in [0.5, 0.6) is 0 Å². The summed E-state index contributed by atoms with van der Waals surface area (Å²) in [5, 5.41) is 3.57. The number of carbonyl (C=O) groups excluding carboxylic acids is 1. The van der Waals surface area contributed by atoms with Gasteiger partial charge in [0.1, 0.15) is 12.7 Å². The van der Waals surface area contributed by atoms with Crippen LogP contribution < -0.4 is 5.43 Å². The Labute approximate surface area is 45.3 Å². The Morgan fingerprint density at radius 2 is 2.62 bits per heavy atom. The summed E-state index contributed by atoms with van der Waals surface area (Å²) in [6.45, 7) is 0. The van der Waals surface area contributed by atoms with Crippen molar-refractivity contribution in [3.8, 4) is 0 Å². The SMILES string of the molecule is O=CNn1cncn1. The number of aromatic nitrogens is 3. The minimum absolute atomic E-state index is 0.522. The Morgan fingerprint density at radius 3 is 3.12 bits per heavy atom. The monoisotopic (exact) mass is 112 g/mol. The fraction of sp³-hybridized carbons (Fsp3) is 0. The molecule has 0 aliphatic rings. The van der Waals surface area contributed by atoms with E-state index in [1.165, 1.54) is 17.4 Å². The number of nitrogens with one attached hydrogen (secondary N) is 1. The topological polar surface area (TPSA) is 59.8 Å². The fourth-order valence-electron chi connectivity index (χ4n) is 0.329. The third-order valence-electron chi connectivity index (χ3n) is 0.604. The van der Waals surface area contributed by atoms with Gasteiger partial charge in [-0.25, -0.2) is 10.4 Å². The molecule has 0 saturated carbocycles. The lowest BCUT2D eigenvalue weighted by Crippen LogP contribution is -2.11. The van der Waals surface area contributed by atoms with Gasteiger partial charge in [-0.2, -0.15) is 4.79 Å². The van der Waals surface area contributed by atoms with Crippen molar-refractivity contribution in [2.24, 2.45) is 0 Å². The smallest absolute Gasteiger partial charge is 0.227 e. The van der Waals surface area contributed by atoms with Crippen LogP contribution >= 0.6 is 0 Å². The molecule has 0 unspecified atom stereocenters. The van der Waals surface area contributed by atoms with E-state index < -0.39 is 0 Å². The molecule has 5 heteroatoms. The molecule has 0 spiro atoms. The van der Waals surface area contributed by atoms with E-state index in [0.29, 0.717) is 6.41 Å². The third-order valence-corrected chi connectivity index (χ3v) is 0.604. The molecule has 8 heavy (non-hydrogen) atoms. The Balaban J connectivity index is 2.62. The molecule has 42 valence electrons. The third kappa shape index (κ3) is 0.810. The zero-order valence-electron chi connectivity index (χ0n) is 3.98. The van der Waals surface area contributed by atoms with E-state index in [1.54, 1.807) is 0 Å². The lowest BCUT2D eigenvalue weighted by molar-refractivity contribution is -0.106. The average Bonchev–Trinajstić information content (AvgIpc) is 2.19. The lowest BCUT2D eigenvalue weighted by Gasteiger charge is -1.89. The number of hydrogen-bond acceptors (Lipinski definition) is 3. The Kier molecular flexibility index (Phi) is 1.23. The average molecular weight is 112 g/mol. The second-order valence-electron chi connectivity index (χ2n) is 1.09. The van der Waals surface area contributed by atoms with Crippen molar-refractivity contribution in [1.29, 1.82) is 0 Å². The van der Waals surface area contributed by atoms with Gasteiger partial charge in [0.25, 0.3) is 0 Å². The number of nitrogens with zero attached hydrogens (tertiary/aromatic N) is 3. The maximum Gasteiger partial charge on any atom is 0.227 e. The van der Waals surface area contributed by atoms with Crippen LogP contribution in [0.4, 0.5) is 0 Å². The highest BCUT2D eigenvalue weighted by molar-refractivity contribution is 5.55. The predicted octanol–water partition coefficient (Wildman–Crippen LogP) is -1.02. The first-order valence-electron chi connectivity index (χ1n) is 1.98. The maximum absolute atomic E-state index is 9.67. The first kappa shape index (κ1) is 4.76. The van der Waals surface area contributed by atoms with Gasteiger partial charge in [0.05, 0.1) is 0 Å². The molecule has 0 aliphatic heterocycles. The first-order chi connectivity index (χ1) is 3.93. The second kappa shape index (κ2) is 2.06. The number of amides is 1. The van der Waals surface area contributed by atoms with Crippen molar-refractivity contribution < 1.29 is 4.79 Å². The van der Waals surface area contributed by atoms with Gasteiger partial charge in [0.15, 0.2) is 0 Å². The zero-order chi connectivity index (χ0) is 5.82. The van der Waals surface area contributed by atoms with Crippen LogP contribution in [0.2, 0.25) is 0 Å². The zero-order valence-corrected chi connectivity index (χ0v) is 3.98. The molecule has 1 N–H and O–H groups in total. The van der Waals surface area contributed by atoms with E-state index in [0.717, 1.165) is 0 Å². The van der Waals surface area contributed by atoms with Gasteiger partial charge < -0.3 is 0 Å². The molecule has 5 nitrogen and oxygen atoms in total. The quantitative estimate of drug-likeness (QED) is 0.498. The predicted molar refractivity (Wildman–Crippen MR) is 25.4 cm³/mol. The van der Waals surface area contributed by atoms with Crippen LogP contribution in [-0.2, 0) is 4.79 Å². The van der Waals surface area contributed by atoms with E-state index in [1.807, 2.05) is 0 Å². The Hall–Kier alpha value is -1.39. The number of carbonyl (C=O) groups is 1. The van der Waals surface area contributed by atoms with Crippen molar-refractivity contribution in [2.45, 2.75) is 0 Å². The summed E-state index contributed by atoms with van der Waals surface area (Å²) >= 11 is 0. The summed E-state index contributed by atoms with van der Waals surface area (Å²) in [5.74, 6) is 0. The molecule has 0 aliphatic carbocycles. The second-order valence-corrected chi connectivity index (χ2v) is 1.09. The summed E-state index contributed by atoms with van der Waals surface area (Å²) in [6.07, 6.45) is 3.24. The summed E-state index contributed by atoms with van der Waals surface area (Å²) in [6, 6.07) is 0. The largest absolute Gasteiger partial charge is 0.277 e. The molecule has 1 heterocycles. The van der Waals surface area contributed by atoms with Crippen LogP contribution in [0.25, 0.3) is 0 Å². The van der Waals surface area contributed by atoms with E-state index in [9.17, 15) is 4.79 Å². The minimum atomic E-state index is 0.522. The van der Waals surface area contributed by atoms with Crippen LogP contribution in [0.3, 0.4) is 0 Å². The summed E-state index contributed by atoms with van der Waals surface area (Å²) < 4.78 is 0. The molecule has 0 fully saturated rings. The molecular formula is C3H4N4O. The van der Waals surface area contributed by atoms with E-state index in [4.69, 9.17) is 0 Å². The van der Waals surface area contributed by atoms with Gasteiger partial charge in [-0.15, -0.1) is 5.10 Å². The molecule has 0 saturated heterocycles. The summed E-state index contributed by atoms with van der Waals surface area (Å²) in [7, 11) is 0. The summed E-state index contributed by atoms with van der Waals surface area (Å²) in [5.41, 5.74) is 2.25. The molecule has 0 atom stereocenters. The van der Waals surface area contributed by atoms with E-state index >= 15 is 0 Å². The van der Waals surface area contributed by atoms with Crippen molar-refractivity contribution in [2.75, 3.05) is 5.43 Å². The van der Waals surface area contributed by atoms with Crippen molar-refractivity contribution in [3.63, 3.8) is 0 Å². The molecular weight excluding hydrogens is 108 g/mol. The molecule has 1 rings (SSSR count). The maximum atomic E-state index is 9.67.